The number of halogens is 2. The van der Waals surface area contributed by atoms with Gasteiger partial charge >= 0.3 is 0 Å². The first-order chi connectivity index (χ1) is 9.02. The summed E-state index contributed by atoms with van der Waals surface area (Å²) in [5, 5.41) is 0. The van der Waals surface area contributed by atoms with E-state index in [0.717, 1.165) is 5.56 Å². The smallest absolute Gasteiger partial charge is 0.207 e. The molecule has 0 aliphatic carbocycles. The van der Waals surface area contributed by atoms with Crippen molar-refractivity contribution >= 4 is 55.2 Å². The lowest BCUT2D eigenvalue weighted by atomic mass is 10.2. The molecule has 3 nitrogen and oxygen atoms in total. The normalized spacial score (nSPS) is 10.3. The molecule has 0 saturated heterocycles. The summed E-state index contributed by atoms with van der Waals surface area (Å²) in [6.45, 7) is 2.20. The zero-order valence-corrected chi connectivity index (χ0v) is 15.3. The first kappa shape index (κ1) is 16.8. The Labute approximate surface area is 141 Å². The van der Waals surface area contributed by atoms with Gasteiger partial charge in [0.15, 0.2) is 0 Å². The maximum Gasteiger partial charge on any atom is 0.244 e. The third kappa shape index (κ3) is 4.95. The van der Waals surface area contributed by atoms with Crippen LogP contribution in [-0.2, 0) is 10.0 Å². The lowest BCUT2D eigenvalue weighted by Crippen LogP contribution is -2.31. The van der Waals surface area contributed by atoms with Crippen LogP contribution in [0.25, 0.3) is 0 Å². The Kier molecular flexibility index (Phi) is 7.15. The van der Waals surface area contributed by atoms with Gasteiger partial charge in [-0.25, -0.2) is 8.42 Å². The Bertz CT molecular complexity index is 624. The van der Waals surface area contributed by atoms with Crippen molar-refractivity contribution in [3.05, 3.63) is 29.8 Å². The lowest BCUT2D eigenvalue weighted by molar-refractivity contribution is 0.482. The summed E-state index contributed by atoms with van der Waals surface area (Å²) >= 11 is 3.77. The van der Waals surface area contributed by atoms with Gasteiger partial charge < -0.3 is 0 Å². The van der Waals surface area contributed by atoms with E-state index in [-0.39, 0.29) is 18.0 Å². The summed E-state index contributed by atoms with van der Waals surface area (Å²) in [4.78, 5) is 0.267. The standard InChI is InChI=1S/C13H11I2NO2S/c1-12-4-6-13(7-5-12)19(17,18)16(10-2-8-14)11-3-9-15/h4-7H,10-11H2,1H3. The molecule has 0 fully saturated rings. The highest BCUT2D eigenvalue weighted by Gasteiger charge is 2.22. The largest absolute Gasteiger partial charge is 0.244 e. The molecule has 0 saturated carbocycles. The molecule has 0 atom stereocenters. The Morgan fingerprint density at radius 2 is 1.53 bits per heavy atom. The number of nitrogens with zero attached hydrogens (tertiary/aromatic N) is 1. The van der Waals surface area contributed by atoms with E-state index in [1.165, 1.54) is 4.31 Å². The average Bonchev–Trinajstić information content (AvgIpc) is 2.39. The molecule has 0 amide bonds. The molecule has 0 heterocycles. The SMILES string of the molecule is Cc1ccc(S(=O)(=O)N(CC#CI)CC#CI)cc1. The second-order valence-electron chi connectivity index (χ2n) is 3.63. The fraction of sp³-hybridized carbons (Fsp3) is 0.231. The topological polar surface area (TPSA) is 37.4 Å². The van der Waals surface area contributed by atoms with Gasteiger partial charge in [0.1, 0.15) is 0 Å². The zero-order chi connectivity index (χ0) is 14.3. The summed E-state index contributed by atoms with van der Waals surface area (Å²) < 4.78 is 31.5. The quantitative estimate of drug-likeness (QED) is 0.473. The van der Waals surface area contributed by atoms with Crippen LogP contribution in [0.5, 0.6) is 0 Å². The monoisotopic (exact) mass is 499 g/mol. The van der Waals surface area contributed by atoms with E-state index in [4.69, 9.17) is 0 Å². The van der Waals surface area contributed by atoms with E-state index >= 15 is 0 Å². The van der Waals surface area contributed by atoms with E-state index < -0.39 is 10.0 Å². The first-order valence-corrected chi connectivity index (χ1v) is 8.86. The van der Waals surface area contributed by atoms with Crippen molar-refractivity contribution < 1.29 is 8.42 Å². The first-order valence-electron chi connectivity index (χ1n) is 5.26. The number of rotatable bonds is 4. The van der Waals surface area contributed by atoms with Crippen LogP contribution >= 0.6 is 45.2 Å². The lowest BCUT2D eigenvalue weighted by Gasteiger charge is -2.17. The molecule has 0 bridgehead atoms. The number of hydrogen-bond donors (Lipinski definition) is 0. The summed E-state index contributed by atoms with van der Waals surface area (Å²) in [7, 11) is -3.54. The van der Waals surface area contributed by atoms with Gasteiger partial charge in [-0.1, -0.05) is 29.5 Å². The Hall–Kier alpha value is -0.290. The third-order valence-corrected chi connectivity index (χ3v) is 4.87. The molecule has 0 radical (unpaired) electrons. The second-order valence-corrected chi connectivity index (χ2v) is 6.65. The van der Waals surface area contributed by atoms with Crippen LogP contribution < -0.4 is 0 Å². The highest BCUT2D eigenvalue weighted by atomic mass is 127. The van der Waals surface area contributed by atoms with Crippen molar-refractivity contribution in [2.45, 2.75) is 11.8 Å². The van der Waals surface area contributed by atoms with Crippen molar-refractivity contribution in [2.75, 3.05) is 13.1 Å². The van der Waals surface area contributed by atoms with Gasteiger partial charge in [0.05, 0.1) is 18.0 Å². The molecule has 0 aliphatic heterocycles. The molecule has 0 unspecified atom stereocenters. The highest BCUT2D eigenvalue weighted by Crippen LogP contribution is 2.15. The molecular weight excluding hydrogens is 488 g/mol. The van der Waals surface area contributed by atoms with E-state index in [9.17, 15) is 8.42 Å². The second kappa shape index (κ2) is 8.10. The maximum absolute atomic E-state index is 12.4. The van der Waals surface area contributed by atoms with Crippen LogP contribution in [0.3, 0.4) is 0 Å². The Morgan fingerprint density at radius 3 is 1.95 bits per heavy atom. The number of hydrogen-bond acceptors (Lipinski definition) is 2. The molecular formula is C13H11I2NO2S. The van der Waals surface area contributed by atoms with Crippen LogP contribution in [0.2, 0.25) is 0 Å². The molecule has 0 aliphatic rings. The van der Waals surface area contributed by atoms with Gasteiger partial charge in [0, 0.05) is 45.2 Å². The molecule has 19 heavy (non-hydrogen) atoms. The maximum atomic E-state index is 12.4. The predicted molar refractivity (Wildman–Crippen MR) is 93.5 cm³/mol. The minimum atomic E-state index is -3.54. The molecule has 1 aromatic rings. The predicted octanol–water partition coefficient (Wildman–Crippen LogP) is 2.78. The molecule has 1 aromatic carbocycles. The highest BCUT2D eigenvalue weighted by molar-refractivity contribution is 14.1. The van der Waals surface area contributed by atoms with E-state index in [0.29, 0.717) is 0 Å². The van der Waals surface area contributed by atoms with Crippen molar-refractivity contribution in [3.8, 4) is 19.7 Å². The number of benzene rings is 1. The van der Waals surface area contributed by atoms with E-state index in [2.05, 4.69) is 19.7 Å². The molecule has 6 heteroatoms. The van der Waals surface area contributed by atoms with Crippen LogP contribution in [0.1, 0.15) is 5.56 Å². The van der Waals surface area contributed by atoms with Gasteiger partial charge in [-0.05, 0) is 26.9 Å². The van der Waals surface area contributed by atoms with Crippen LogP contribution in [0.4, 0.5) is 0 Å². The van der Waals surface area contributed by atoms with Crippen molar-refractivity contribution in [1.29, 1.82) is 0 Å². The van der Waals surface area contributed by atoms with Gasteiger partial charge in [0.25, 0.3) is 0 Å². The minimum Gasteiger partial charge on any atom is -0.207 e. The fourth-order valence-corrected chi connectivity index (χ4v) is 2.91. The average molecular weight is 499 g/mol. The summed E-state index contributed by atoms with van der Waals surface area (Å²) in [5.74, 6) is 5.52. The van der Waals surface area contributed by atoms with E-state index in [1.54, 1.807) is 24.3 Å². The van der Waals surface area contributed by atoms with Crippen molar-refractivity contribution in [3.63, 3.8) is 0 Å². The summed E-state index contributed by atoms with van der Waals surface area (Å²) in [6.07, 6.45) is 0. The van der Waals surface area contributed by atoms with Gasteiger partial charge in [-0.3, -0.25) is 0 Å². The van der Waals surface area contributed by atoms with E-state index in [1.807, 2.05) is 52.1 Å². The van der Waals surface area contributed by atoms with Gasteiger partial charge in [-0.15, -0.1) is 0 Å². The summed E-state index contributed by atoms with van der Waals surface area (Å²) in [6, 6.07) is 6.76. The van der Waals surface area contributed by atoms with Crippen molar-refractivity contribution in [1.82, 2.24) is 4.31 Å². The zero-order valence-electron chi connectivity index (χ0n) is 10.2. The fourth-order valence-electron chi connectivity index (χ4n) is 1.32. The minimum absolute atomic E-state index is 0.143. The third-order valence-electron chi connectivity index (χ3n) is 2.30. The van der Waals surface area contributed by atoms with Gasteiger partial charge in [-0.2, -0.15) is 4.31 Å². The van der Waals surface area contributed by atoms with Crippen LogP contribution in [-0.4, -0.2) is 25.8 Å². The van der Waals surface area contributed by atoms with Crippen LogP contribution in [0.15, 0.2) is 29.2 Å². The Balaban J connectivity index is 3.11. The van der Waals surface area contributed by atoms with Gasteiger partial charge in [0.2, 0.25) is 10.0 Å². The number of aryl methyl sites for hydroxylation is 1. The molecule has 0 aromatic heterocycles. The number of sulfonamides is 1. The molecule has 0 N–H and O–H groups in total. The van der Waals surface area contributed by atoms with Crippen LogP contribution in [0, 0.1) is 26.6 Å². The molecule has 1 rings (SSSR count). The van der Waals surface area contributed by atoms with Crippen molar-refractivity contribution in [2.24, 2.45) is 0 Å². The molecule has 0 spiro atoms. The molecule has 100 valence electrons. The summed E-state index contributed by atoms with van der Waals surface area (Å²) in [5.41, 5.74) is 1.02. The Morgan fingerprint density at radius 1 is 1.05 bits per heavy atom.